The van der Waals surface area contributed by atoms with Gasteiger partial charge in [0.1, 0.15) is 5.75 Å². The van der Waals surface area contributed by atoms with Crippen molar-refractivity contribution >= 4 is 22.5 Å². The number of hydrogen-bond acceptors (Lipinski definition) is 4. The molecule has 0 unspecified atom stereocenters. The molecular formula is C23H27N4O3+. The maximum atomic E-state index is 12.6. The minimum atomic E-state index is -0.512. The zero-order valence-electron chi connectivity index (χ0n) is 17.2. The first kappa shape index (κ1) is 20.1. The fourth-order valence-corrected chi connectivity index (χ4v) is 4.11. The van der Waals surface area contributed by atoms with Crippen molar-refractivity contribution in [3.63, 3.8) is 0 Å². The maximum Gasteiger partial charge on any atom is 0.299 e. The summed E-state index contributed by atoms with van der Waals surface area (Å²) in [6, 6.07) is 14.6. The summed E-state index contributed by atoms with van der Waals surface area (Å²) in [5, 5.41) is 19.8. The van der Waals surface area contributed by atoms with Crippen molar-refractivity contribution in [1.82, 2.24) is 4.57 Å². The minimum absolute atomic E-state index is 0.0459. The molecule has 0 bridgehead atoms. The van der Waals surface area contributed by atoms with Gasteiger partial charge in [0.15, 0.2) is 12.4 Å². The van der Waals surface area contributed by atoms with Gasteiger partial charge in [-0.05, 0) is 43.9 Å². The lowest BCUT2D eigenvalue weighted by molar-refractivity contribution is -0.921. The van der Waals surface area contributed by atoms with Gasteiger partial charge in [0.05, 0.1) is 31.3 Å². The first-order valence-electron chi connectivity index (χ1n) is 10.4. The van der Waals surface area contributed by atoms with Crippen molar-refractivity contribution in [3.8, 4) is 11.6 Å². The lowest BCUT2D eigenvalue weighted by atomic mass is 10.2. The first-order chi connectivity index (χ1) is 14.7. The van der Waals surface area contributed by atoms with E-state index < -0.39 is 5.91 Å². The zero-order valence-corrected chi connectivity index (χ0v) is 17.2. The van der Waals surface area contributed by atoms with Gasteiger partial charge in [-0.3, -0.25) is 9.36 Å². The second kappa shape index (κ2) is 9.09. The number of benzene rings is 2. The molecule has 30 heavy (non-hydrogen) atoms. The molecule has 3 aromatic rings. The summed E-state index contributed by atoms with van der Waals surface area (Å²) in [6.07, 6.45) is 4.95. The Morgan fingerprint density at radius 3 is 2.53 bits per heavy atom. The largest absolute Gasteiger partial charge is 0.496 e. The Morgan fingerprint density at radius 2 is 1.77 bits per heavy atom. The molecule has 1 saturated heterocycles. The van der Waals surface area contributed by atoms with Gasteiger partial charge in [-0.2, -0.15) is 0 Å². The molecule has 1 aromatic heterocycles. The molecule has 2 N–H and O–H groups in total. The van der Waals surface area contributed by atoms with Crippen molar-refractivity contribution in [2.45, 2.75) is 32.4 Å². The van der Waals surface area contributed by atoms with Gasteiger partial charge in [0.25, 0.3) is 5.91 Å². The zero-order chi connectivity index (χ0) is 20.9. The molecule has 0 radical (unpaired) electrons. The predicted octanol–water partition coefficient (Wildman–Crippen LogP) is 3.70. The highest BCUT2D eigenvalue weighted by Gasteiger charge is 2.21. The number of nitrogens with one attached hydrogen (secondary N) is 1. The van der Waals surface area contributed by atoms with E-state index in [-0.39, 0.29) is 5.88 Å². The van der Waals surface area contributed by atoms with Gasteiger partial charge in [0.2, 0.25) is 5.88 Å². The van der Waals surface area contributed by atoms with E-state index in [1.54, 1.807) is 24.3 Å². The van der Waals surface area contributed by atoms with E-state index in [0.29, 0.717) is 23.7 Å². The Balaban J connectivity index is 1.66. The number of carbonyl (C=O) groups is 1. The molecule has 0 aliphatic carbocycles. The molecule has 4 rings (SSSR count). The van der Waals surface area contributed by atoms with Crippen LogP contribution in [0.2, 0.25) is 0 Å². The van der Waals surface area contributed by atoms with Crippen LogP contribution in [-0.2, 0) is 6.67 Å². The molecule has 0 atom stereocenters. The SMILES string of the molecule is COc1ccccc1C(=O)N=Nc1c(O)n(C[NH+]2CCCCCC2)c2ccccc12. The average Bonchev–Trinajstić information content (AvgIpc) is 2.94. The molecule has 2 aromatic carbocycles. The number of quaternary nitrogens is 1. The van der Waals surface area contributed by atoms with Crippen LogP contribution in [0.25, 0.3) is 10.9 Å². The molecule has 7 nitrogen and oxygen atoms in total. The number of azo groups is 1. The van der Waals surface area contributed by atoms with Gasteiger partial charge in [0, 0.05) is 5.39 Å². The molecule has 156 valence electrons. The summed E-state index contributed by atoms with van der Waals surface area (Å²) in [5.41, 5.74) is 1.55. The molecule has 1 amide bonds. The Bertz CT molecular complexity index is 1070. The van der Waals surface area contributed by atoms with Crippen LogP contribution in [0.1, 0.15) is 36.0 Å². The number of aromatic hydroxyl groups is 1. The maximum absolute atomic E-state index is 12.6. The van der Waals surface area contributed by atoms with Crippen LogP contribution in [-0.4, -0.2) is 35.8 Å². The third-order valence-electron chi connectivity index (χ3n) is 5.69. The number of hydrogen-bond donors (Lipinski definition) is 2. The number of ether oxygens (including phenoxy) is 1. The van der Waals surface area contributed by atoms with E-state index in [1.165, 1.54) is 37.7 Å². The number of rotatable bonds is 5. The Hall–Kier alpha value is -3.19. The highest BCUT2D eigenvalue weighted by Crippen LogP contribution is 2.38. The topological polar surface area (TPSA) is 80.6 Å². The fraction of sp³-hybridized carbons (Fsp3) is 0.348. The van der Waals surface area contributed by atoms with E-state index in [9.17, 15) is 9.90 Å². The van der Waals surface area contributed by atoms with Crippen LogP contribution in [0.15, 0.2) is 58.8 Å². The highest BCUT2D eigenvalue weighted by molar-refractivity contribution is 5.98. The van der Waals surface area contributed by atoms with Gasteiger partial charge in [-0.15, -0.1) is 10.2 Å². The normalized spacial score (nSPS) is 15.5. The third kappa shape index (κ3) is 4.07. The second-order valence-electron chi connectivity index (χ2n) is 7.65. The quantitative estimate of drug-likeness (QED) is 0.633. The first-order valence-corrected chi connectivity index (χ1v) is 10.4. The van der Waals surface area contributed by atoms with Crippen LogP contribution < -0.4 is 9.64 Å². The monoisotopic (exact) mass is 407 g/mol. The van der Waals surface area contributed by atoms with Crippen LogP contribution in [0.3, 0.4) is 0 Å². The Morgan fingerprint density at radius 1 is 1.07 bits per heavy atom. The fourth-order valence-electron chi connectivity index (χ4n) is 4.11. The molecule has 7 heteroatoms. The number of methoxy groups -OCH3 is 1. The van der Waals surface area contributed by atoms with Crippen molar-refractivity contribution in [1.29, 1.82) is 0 Å². The molecule has 0 spiro atoms. The number of para-hydroxylation sites is 2. The molecular weight excluding hydrogens is 380 g/mol. The van der Waals surface area contributed by atoms with Crippen molar-refractivity contribution in [3.05, 3.63) is 54.1 Å². The van der Waals surface area contributed by atoms with E-state index in [2.05, 4.69) is 10.2 Å². The smallest absolute Gasteiger partial charge is 0.299 e. The molecule has 2 heterocycles. The standard InChI is InChI=1S/C23H26N4O3/c1-30-20-13-7-5-11-18(20)22(28)25-24-21-17-10-4-6-12-19(17)27(23(21)29)16-26-14-8-2-3-9-15-26/h4-7,10-13,29H,2-3,8-9,14-16H2,1H3/p+1. The van der Waals surface area contributed by atoms with Crippen LogP contribution in [0, 0.1) is 0 Å². The third-order valence-corrected chi connectivity index (χ3v) is 5.69. The van der Waals surface area contributed by atoms with Crippen LogP contribution >= 0.6 is 0 Å². The molecule has 1 fully saturated rings. The lowest BCUT2D eigenvalue weighted by Crippen LogP contribution is -3.11. The summed E-state index contributed by atoms with van der Waals surface area (Å²) in [7, 11) is 1.51. The summed E-state index contributed by atoms with van der Waals surface area (Å²) < 4.78 is 7.12. The van der Waals surface area contributed by atoms with Crippen LogP contribution in [0.4, 0.5) is 5.69 Å². The minimum Gasteiger partial charge on any atom is -0.496 e. The number of fused-ring (bicyclic) bond motifs is 1. The van der Waals surface area contributed by atoms with E-state index in [0.717, 1.165) is 24.0 Å². The Kier molecular flexibility index (Phi) is 6.09. The number of carbonyl (C=O) groups excluding carboxylic acids is 1. The van der Waals surface area contributed by atoms with Gasteiger partial charge in [-0.25, -0.2) is 0 Å². The summed E-state index contributed by atoms with van der Waals surface area (Å²) in [5.74, 6) is -0.0239. The van der Waals surface area contributed by atoms with E-state index in [1.807, 2.05) is 28.8 Å². The summed E-state index contributed by atoms with van der Waals surface area (Å²) >= 11 is 0. The summed E-state index contributed by atoms with van der Waals surface area (Å²) in [6.45, 7) is 2.85. The second-order valence-corrected chi connectivity index (χ2v) is 7.65. The Labute approximate surface area is 175 Å². The predicted molar refractivity (Wildman–Crippen MR) is 115 cm³/mol. The average molecular weight is 407 g/mol. The van der Waals surface area contributed by atoms with Crippen molar-refractivity contribution < 1.29 is 19.5 Å². The highest BCUT2D eigenvalue weighted by atomic mass is 16.5. The van der Waals surface area contributed by atoms with Crippen molar-refractivity contribution in [2.75, 3.05) is 20.2 Å². The van der Waals surface area contributed by atoms with Gasteiger partial charge < -0.3 is 14.7 Å². The van der Waals surface area contributed by atoms with Gasteiger partial charge in [-0.1, -0.05) is 30.3 Å². The number of likely N-dealkylation sites (tertiary alicyclic amines) is 1. The molecule has 1 aliphatic rings. The van der Waals surface area contributed by atoms with E-state index in [4.69, 9.17) is 4.74 Å². The summed E-state index contributed by atoms with van der Waals surface area (Å²) in [4.78, 5) is 14.0. The van der Waals surface area contributed by atoms with E-state index >= 15 is 0 Å². The van der Waals surface area contributed by atoms with Gasteiger partial charge >= 0.3 is 0 Å². The number of amides is 1. The van der Waals surface area contributed by atoms with Crippen molar-refractivity contribution in [2.24, 2.45) is 10.2 Å². The number of aromatic nitrogens is 1. The number of nitrogens with zero attached hydrogens (tertiary/aromatic N) is 3. The lowest BCUT2D eigenvalue weighted by Gasteiger charge is -2.18. The molecule has 0 saturated carbocycles. The molecule has 1 aliphatic heterocycles. The van der Waals surface area contributed by atoms with Crippen LogP contribution in [0.5, 0.6) is 11.6 Å².